The highest BCUT2D eigenvalue weighted by Crippen LogP contribution is 2.29. The van der Waals surface area contributed by atoms with Crippen LogP contribution in [-0.2, 0) is 6.54 Å². The van der Waals surface area contributed by atoms with E-state index in [4.69, 9.17) is 16.3 Å². The first-order valence-corrected chi connectivity index (χ1v) is 6.73. The summed E-state index contributed by atoms with van der Waals surface area (Å²) in [6, 6.07) is 12.8. The molecular formula is C15H16ClFN2O. The number of ether oxygens (including phenoxy) is 1. The van der Waals surface area contributed by atoms with E-state index in [2.05, 4.69) is 10.9 Å². The van der Waals surface area contributed by atoms with Crippen molar-refractivity contribution in [1.29, 1.82) is 0 Å². The summed E-state index contributed by atoms with van der Waals surface area (Å²) in [5.74, 6) is -0.343. The highest BCUT2D eigenvalue weighted by molar-refractivity contribution is 6.32. The van der Waals surface area contributed by atoms with Crippen molar-refractivity contribution in [2.24, 2.45) is 0 Å². The summed E-state index contributed by atoms with van der Waals surface area (Å²) < 4.78 is 18.9. The van der Waals surface area contributed by atoms with Gasteiger partial charge in [0.05, 0.1) is 11.6 Å². The van der Waals surface area contributed by atoms with E-state index >= 15 is 0 Å². The molecule has 2 aromatic carbocycles. The lowest BCUT2D eigenvalue weighted by atomic mass is 10.2. The van der Waals surface area contributed by atoms with Crippen LogP contribution in [0.15, 0.2) is 42.5 Å². The second-order valence-electron chi connectivity index (χ2n) is 4.17. The Morgan fingerprint density at radius 2 is 1.95 bits per heavy atom. The number of nitrogens with one attached hydrogen (secondary N) is 2. The fourth-order valence-corrected chi connectivity index (χ4v) is 2.05. The van der Waals surface area contributed by atoms with Gasteiger partial charge in [-0.1, -0.05) is 29.8 Å². The summed E-state index contributed by atoms with van der Waals surface area (Å²) in [7, 11) is 0. The average molecular weight is 295 g/mol. The van der Waals surface area contributed by atoms with Gasteiger partial charge < -0.3 is 10.2 Å². The Kier molecular flexibility index (Phi) is 5.21. The van der Waals surface area contributed by atoms with Crippen molar-refractivity contribution in [3.63, 3.8) is 0 Å². The summed E-state index contributed by atoms with van der Waals surface area (Å²) in [6.45, 7) is 2.61. The number of benzene rings is 2. The first kappa shape index (κ1) is 14.6. The topological polar surface area (TPSA) is 33.3 Å². The number of hydrogen-bond acceptors (Lipinski definition) is 3. The maximum atomic E-state index is 13.8. The van der Waals surface area contributed by atoms with Gasteiger partial charge in [0.2, 0.25) is 0 Å². The number of anilines is 1. The third-order valence-electron chi connectivity index (χ3n) is 2.65. The first-order chi connectivity index (χ1) is 9.70. The molecule has 0 aliphatic carbocycles. The summed E-state index contributed by atoms with van der Waals surface area (Å²) in [4.78, 5) is 0. The lowest BCUT2D eigenvalue weighted by molar-refractivity contribution is 0.321. The van der Waals surface area contributed by atoms with Crippen molar-refractivity contribution >= 4 is 17.3 Å². The second-order valence-corrected chi connectivity index (χ2v) is 4.57. The van der Waals surface area contributed by atoms with Gasteiger partial charge in [-0.2, -0.15) is 0 Å². The Morgan fingerprint density at radius 3 is 2.60 bits per heavy atom. The van der Waals surface area contributed by atoms with Crippen molar-refractivity contribution in [3.05, 3.63) is 58.9 Å². The highest BCUT2D eigenvalue weighted by Gasteiger charge is 2.10. The third-order valence-corrected chi connectivity index (χ3v) is 2.93. The van der Waals surface area contributed by atoms with Crippen LogP contribution in [-0.4, -0.2) is 6.61 Å². The number of rotatable bonds is 6. The zero-order chi connectivity index (χ0) is 14.4. The SMILES string of the molecule is CCOc1c(F)cc(CNNc2ccccc2)cc1Cl. The van der Waals surface area contributed by atoms with Crippen LogP contribution >= 0.6 is 11.6 Å². The highest BCUT2D eigenvalue weighted by atomic mass is 35.5. The van der Waals surface area contributed by atoms with E-state index in [1.54, 1.807) is 13.0 Å². The largest absolute Gasteiger partial charge is 0.489 e. The molecule has 0 atom stereocenters. The first-order valence-electron chi connectivity index (χ1n) is 6.35. The summed E-state index contributed by atoms with van der Waals surface area (Å²) in [6.07, 6.45) is 0. The molecule has 0 spiro atoms. The van der Waals surface area contributed by atoms with Gasteiger partial charge in [0.15, 0.2) is 11.6 Å². The van der Waals surface area contributed by atoms with Crippen LogP contribution in [0, 0.1) is 5.82 Å². The summed E-state index contributed by atoms with van der Waals surface area (Å²) >= 11 is 6.00. The summed E-state index contributed by atoms with van der Waals surface area (Å²) in [5.41, 5.74) is 7.70. The molecule has 0 heterocycles. The Morgan fingerprint density at radius 1 is 1.20 bits per heavy atom. The van der Waals surface area contributed by atoms with Crippen LogP contribution in [0.1, 0.15) is 12.5 Å². The number of halogens is 2. The van der Waals surface area contributed by atoms with E-state index < -0.39 is 5.82 Å². The molecule has 0 bridgehead atoms. The normalized spacial score (nSPS) is 10.3. The van der Waals surface area contributed by atoms with Crippen LogP contribution in [0.3, 0.4) is 0 Å². The molecule has 0 fully saturated rings. The molecule has 106 valence electrons. The van der Waals surface area contributed by atoms with E-state index in [1.807, 2.05) is 30.3 Å². The summed E-state index contributed by atoms with van der Waals surface area (Å²) in [5, 5.41) is 0.281. The van der Waals surface area contributed by atoms with Crippen LogP contribution < -0.4 is 15.6 Å². The minimum atomic E-state index is -0.448. The lowest BCUT2D eigenvalue weighted by Crippen LogP contribution is -2.20. The molecule has 0 aliphatic rings. The monoisotopic (exact) mass is 294 g/mol. The molecule has 0 radical (unpaired) electrons. The van der Waals surface area contributed by atoms with E-state index in [9.17, 15) is 4.39 Å². The van der Waals surface area contributed by atoms with E-state index in [1.165, 1.54) is 6.07 Å². The fraction of sp³-hybridized carbons (Fsp3) is 0.200. The standard InChI is InChI=1S/C15H16ClFN2O/c1-2-20-15-13(16)8-11(9-14(15)17)10-18-19-12-6-4-3-5-7-12/h3-9,18-19H,2,10H2,1H3. The maximum Gasteiger partial charge on any atom is 0.173 e. The molecule has 0 saturated heterocycles. The van der Waals surface area contributed by atoms with Crippen LogP contribution in [0.4, 0.5) is 10.1 Å². The number of hydrazine groups is 1. The van der Waals surface area contributed by atoms with Gasteiger partial charge in [-0.3, -0.25) is 0 Å². The maximum absolute atomic E-state index is 13.8. The van der Waals surface area contributed by atoms with E-state index in [0.717, 1.165) is 11.3 Å². The fourth-order valence-electron chi connectivity index (χ4n) is 1.77. The zero-order valence-electron chi connectivity index (χ0n) is 11.1. The Labute approximate surface area is 122 Å². The Balaban J connectivity index is 1.96. The molecule has 2 aromatic rings. The van der Waals surface area contributed by atoms with Crippen LogP contribution in [0.25, 0.3) is 0 Å². The second kappa shape index (κ2) is 7.12. The molecule has 0 amide bonds. The molecule has 0 aliphatic heterocycles. The average Bonchev–Trinajstić information content (AvgIpc) is 2.44. The van der Waals surface area contributed by atoms with Gasteiger partial charge in [0.25, 0.3) is 0 Å². The van der Waals surface area contributed by atoms with Crippen molar-refractivity contribution in [3.8, 4) is 5.75 Å². The van der Waals surface area contributed by atoms with Crippen molar-refractivity contribution < 1.29 is 9.13 Å². The van der Waals surface area contributed by atoms with Crippen molar-refractivity contribution in [2.75, 3.05) is 12.0 Å². The molecule has 3 nitrogen and oxygen atoms in total. The van der Waals surface area contributed by atoms with Gasteiger partial charge in [-0.25, -0.2) is 9.82 Å². The molecule has 0 unspecified atom stereocenters. The van der Waals surface area contributed by atoms with Crippen LogP contribution in [0.5, 0.6) is 5.75 Å². The van der Waals surface area contributed by atoms with Gasteiger partial charge in [-0.05, 0) is 36.8 Å². The predicted molar refractivity (Wildman–Crippen MR) is 79.5 cm³/mol. The predicted octanol–water partition coefficient (Wildman–Crippen LogP) is 3.99. The number of para-hydroxylation sites is 1. The van der Waals surface area contributed by atoms with Crippen molar-refractivity contribution in [2.45, 2.75) is 13.5 Å². The number of hydrogen-bond donors (Lipinski definition) is 2. The quantitative estimate of drug-likeness (QED) is 0.790. The smallest absolute Gasteiger partial charge is 0.173 e. The van der Waals surface area contributed by atoms with Crippen LogP contribution in [0.2, 0.25) is 5.02 Å². The van der Waals surface area contributed by atoms with Gasteiger partial charge in [-0.15, -0.1) is 0 Å². The minimum absolute atomic E-state index is 0.105. The van der Waals surface area contributed by atoms with Gasteiger partial charge >= 0.3 is 0 Å². The third kappa shape index (κ3) is 3.85. The lowest BCUT2D eigenvalue weighted by Gasteiger charge is -2.11. The molecule has 0 saturated carbocycles. The zero-order valence-corrected chi connectivity index (χ0v) is 11.9. The van der Waals surface area contributed by atoms with Gasteiger partial charge in [0, 0.05) is 12.2 Å². The van der Waals surface area contributed by atoms with Gasteiger partial charge in [0.1, 0.15) is 0 Å². The molecule has 0 aromatic heterocycles. The molecule has 20 heavy (non-hydrogen) atoms. The molecule has 2 rings (SSSR count). The minimum Gasteiger partial charge on any atom is -0.489 e. The Hall–Kier alpha value is -1.78. The molecule has 2 N–H and O–H groups in total. The molecular weight excluding hydrogens is 279 g/mol. The molecule has 5 heteroatoms. The van der Waals surface area contributed by atoms with E-state index in [0.29, 0.717) is 13.2 Å². The van der Waals surface area contributed by atoms with Crippen molar-refractivity contribution in [1.82, 2.24) is 5.43 Å². The van der Waals surface area contributed by atoms with E-state index in [-0.39, 0.29) is 10.8 Å². The Bertz CT molecular complexity index is 540.